The summed E-state index contributed by atoms with van der Waals surface area (Å²) < 4.78 is 77.2. The van der Waals surface area contributed by atoms with Gasteiger partial charge in [-0.1, -0.05) is 0 Å². The van der Waals surface area contributed by atoms with Gasteiger partial charge in [0.25, 0.3) is 0 Å². The molecule has 26 heteroatoms. The van der Waals surface area contributed by atoms with Gasteiger partial charge >= 0.3 is 38.4 Å². The molecule has 1 saturated carbocycles. The molecule has 0 radical (unpaired) electrons. The van der Waals surface area contributed by atoms with Crippen LogP contribution >= 0.6 is 25.9 Å². The Balaban J connectivity index is 1.31. The predicted molar refractivity (Wildman–Crippen MR) is 181 cm³/mol. The molecule has 2 aliphatic heterocycles. The Labute approximate surface area is 314 Å². The normalized spacial score (nSPS) is 34.5. The molecule has 3 fully saturated rings. The van der Waals surface area contributed by atoms with Crippen molar-refractivity contribution in [3.05, 3.63) is 17.3 Å². The Hall–Kier alpha value is -2.83. The van der Waals surface area contributed by atoms with E-state index in [1.54, 1.807) is 5.38 Å². The van der Waals surface area contributed by atoms with Crippen LogP contribution in [-0.4, -0.2) is 110 Å². The van der Waals surface area contributed by atoms with E-state index in [-0.39, 0.29) is 5.82 Å². The Morgan fingerprint density at radius 1 is 1.13 bits per heavy atom. The molecule has 0 spiro atoms. The number of aliphatic hydroxyl groups excluding tert-OH is 1. The lowest BCUT2D eigenvalue weighted by Crippen LogP contribution is -2.67. The van der Waals surface area contributed by atoms with Crippen LogP contribution in [0.5, 0.6) is 0 Å². The number of carbonyl (C=O) groups excluding carboxylic acids is 4. The number of hydrogen-bond acceptors (Lipinski definition) is 21. The summed E-state index contributed by atoms with van der Waals surface area (Å²) in [6.07, 6.45) is -8.56. The van der Waals surface area contributed by atoms with Crippen LogP contribution in [0, 0.1) is 11.8 Å². The van der Waals surface area contributed by atoms with Gasteiger partial charge in [-0.3, -0.25) is 23.7 Å². The number of hydrogen-bond donors (Lipinski definition) is 5. The maximum atomic E-state index is 16.0. The van der Waals surface area contributed by atoms with Gasteiger partial charge in [0.15, 0.2) is 12.0 Å². The fourth-order valence-corrected chi connectivity index (χ4v) is 10.7. The molecule has 1 aliphatic carbocycles. The van der Waals surface area contributed by atoms with Crippen LogP contribution < -0.4 is 11.5 Å². The van der Waals surface area contributed by atoms with Crippen LogP contribution in [0.25, 0.3) is 10.2 Å². The monoisotopic (exact) mass is 846 g/mol. The topological polar surface area (TPSA) is 307 Å². The van der Waals surface area contributed by atoms with Gasteiger partial charge in [0.05, 0.1) is 22.9 Å². The summed E-state index contributed by atoms with van der Waals surface area (Å²) in [5.74, 6) is -9.19. The van der Waals surface area contributed by atoms with Gasteiger partial charge in [0.2, 0.25) is 5.79 Å². The molecule has 300 valence electrons. The van der Waals surface area contributed by atoms with E-state index in [0.717, 1.165) is 39.0 Å². The number of ether oxygens (including phenoxy) is 6. The Bertz CT molecular complexity index is 1910. The summed E-state index contributed by atoms with van der Waals surface area (Å²) in [6.45, 7) is -1.03. The van der Waals surface area contributed by atoms with E-state index >= 15 is 4.39 Å². The molecular weight excluding hydrogens is 809 g/mol. The van der Waals surface area contributed by atoms with Crippen molar-refractivity contribution in [1.82, 2.24) is 9.97 Å². The Kier molecular flexibility index (Phi) is 12.2. The van der Waals surface area contributed by atoms with Crippen molar-refractivity contribution < 1.29 is 84.8 Å². The maximum absolute atomic E-state index is 16.0. The zero-order valence-electron chi connectivity index (χ0n) is 29.0. The average molecular weight is 847 g/mol. The largest absolute Gasteiger partial charge is 0.481 e. The standard InChI is InChI=1S/C28H37FN4O17P2S2/c1-10(34)42-6-15(44-11(2)35)17-21(45-12(3)36)20(38)18-26(48-28(17,18)47-13(4)37)49-51(39,40)50-52(41,53)43-7-16-23(30)27(5,29)24(46-16)14-8-54-22-19(14)32-9-33-25(22)31/h8-9,15-18,20-21,23-24,26,38H,6-7,30H2,1-5H3,(H,39,40)(H,41,53)(H2,31,32,33)/t15-,16+,17?,18?,20?,21?,23+,24-,26?,27+,28?,52?/m0/s1. The van der Waals surface area contributed by atoms with Crippen molar-refractivity contribution in [3.8, 4) is 0 Å². The molecule has 3 aliphatic rings. The fourth-order valence-electron chi connectivity index (χ4n) is 6.69. The van der Waals surface area contributed by atoms with E-state index in [4.69, 9.17) is 65.1 Å². The van der Waals surface area contributed by atoms with Gasteiger partial charge in [-0.15, -0.1) is 11.3 Å². The quantitative estimate of drug-likeness (QED) is 0.0997. The molecule has 0 amide bonds. The second-order valence-corrected chi connectivity index (χ2v) is 17.9. The Morgan fingerprint density at radius 3 is 2.43 bits per heavy atom. The number of nitrogen functional groups attached to an aromatic ring is 1. The van der Waals surface area contributed by atoms with Crippen LogP contribution in [0.3, 0.4) is 0 Å². The van der Waals surface area contributed by atoms with E-state index in [0.29, 0.717) is 15.8 Å². The van der Waals surface area contributed by atoms with Crippen LogP contribution in [0.1, 0.15) is 46.3 Å². The molecule has 8 unspecified atom stereocenters. The first-order valence-electron chi connectivity index (χ1n) is 15.8. The molecular formula is C28H37FN4O17P2S2. The number of nitrogens with zero attached hydrogens (tertiary/aromatic N) is 2. The molecule has 21 nitrogen and oxygen atoms in total. The molecule has 0 aromatic carbocycles. The van der Waals surface area contributed by atoms with Crippen LogP contribution in [0.4, 0.5) is 10.2 Å². The van der Waals surface area contributed by atoms with Crippen molar-refractivity contribution in [1.29, 1.82) is 0 Å². The number of alkyl halides is 1. The van der Waals surface area contributed by atoms with Crippen LogP contribution in [0.15, 0.2) is 11.7 Å². The van der Waals surface area contributed by atoms with Crippen molar-refractivity contribution in [2.24, 2.45) is 17.6 Å². The number of nitrogens with two attached hydrogens (primary N) is 2. The first kappa shape index (κ1) is 42.3. The average Bonchev–Trinajstić information content (AvgIpc) is 3.59. The highest BCUT2D eigenvalue weighted by Gasteiger charge is 2.78. The lowest BCUT2D eigenvalue weighted by Gasteiger charge is -2.52. The number of carbonyl (C=O) groups is 4. The minimum Gasteiger partial charge on any atom is -0.462 e. The van der Waals surface area contributed by atoms with Crippen LogP contribution in [-0.2, 0) is 77.3 Å². The highest BCUT2D eigenvalue weighted by molar-refractivity contribution is 8.08. The number of aromatic nitrogens is 2. The molecule has 7 N–H and O–H groups in total. The number of phosphoric acid groups is 1. The number of anilines is 1. The van der Waals surface area contributed by atoms with Gasteiger partial charge in [0.1, 0.15) is 61.1 Å². The number of phosphoric ester groups is 1. The summed E-state index contributed by atoms with van der Waals surface area (Å²) in [5.41, 5.74) is 10.5. The van der Waals surface area contributed by atoms with Crippen molar-refractivity contribution in [3.63, 3.8) is 0 Å². The SMILES string of the molecule is CC(=O)OC[C@H](OC(C)=O)C1C(OC(C)=O)C(O)C2C(OP(=O)(O)OP(O)(=S)OC[C@H]3O[C@@H](c4csc5c(N)ncnc45)[C@](C)(F)[C@@H]3N)OC21OC(C)=O. The van der Waals surface area contributed by atoms with Gasteiger partial charge in [0, 0.05) is 33.3 Å². The lowest BCUT2D eigenvalue weighted by molar-refractivity contribution is -0.426. The first-order chi connectivity index (χ1) is 25.0. The summed E-state index contributed by atoms with van der Waals surface area (Å²) in [5, 5.41) is 12.9. The fraction of sp³-hybridized carbons (Fsp3) is 0.643. The molecule has 4 heterocycles. The smallest absolute Gasteiger partial charge is 0.462 e. The molecule has 54 heavy (non-hydrogen) atoms. The van der Waals surface area contributed by atoms with E-state index in [2.05, 4.69) is 9.97 Å². The zero-order chi connectivity index (χ0) is 40.1. The molecule has 2 saturated heterocycles. The molecule has 2 aromatic heterocycles. The molecule has 13 atom stereocenters. The van der Waals surface area contributed by atoms with E-state index in [1.165, 1.54) is 13.3 Å². The number of thiophene rings is 1. The second-order valence-electron chi connectivity index (χ2n) is 12.6. The molecule has 2 aromatic rings. The first-order valence-corrected chi connectivity index (χ1v) is 20.8. The maximum Gasteiger partial charge on any atom is 0.481 e. The third-order valence-corrected chi connectivity index (χ3v) is 13.3. The molecule has 5 rings (SSSR count). The van der Waals surface area contributed by atoms with Gasteiger partial charge < -0.3 is 59.3 Å². The van der Waals surface area contributed by atoms with Gasteiger partial charge in [-0.05, 0) is 24.1 Å². The van der Waals surface area contributed by atoms with Crippen molar-refractivity contribution in [2.75, 3.05) is 18.9 Å². The number of aliphatic hydroxyl groups is 1. The summed E-state index contributed by atoms with van der Waals surface area (Å²) in [6, 6.07) is -1.37. The minimum atomic E-state index is -5.54. The van der Waals surface area contributed by atoms with Crippen molar-refractivity contribution in [2.45, 2.75) is 88.9 Å². The highest BCUT2D eigenvalue weighted by Crippen LogP contribution is 2.66. The van der Waals surface area contributed by atoms with Gasteiger partial charge in [-0.2, -0.15) is 0 Å². The second kappa shape index (κ2) is 15.6. The van der Waals surface area contributed by atoms with E-state index in [1.807, 2.05) is 0 Å². The van der Waals surface area contributed by atoms with Gasteiger partial charge in [-0.25, -0.2) is 23.2 Å². The number of esters is 4. The Morgan fingerprint density at radius 2 is 1.81 bits per heavy atom. The zero-order valence-corrected chi connectivity index (χ0v) is 32.4. The minimum absolute atomic E-state index is 0.175. The lowest BCUT2D eigenvalue weighted by atomic mass is 9.85. The highest BCUT2D eigenvalue weighted by atomic mass is 32.5. The van der Waals surface area contributed by atoms with E-state index < -0.39 is 118 Å². The number of halogens is 1. The predicted octanol–water partition coefficient (Wildman–Crippen LogP) is 0.785. The third kappa shape index (κ3) is 8.45. The summed E-state index contributed by atoms with van der Waals surface area (Å²) in [7, 11) is -5.54. The number of rotatable bonds is 14. The third-order valence-electron chi connectivity index (χ3n) is 8.77. The molecule has 0 bridgehead atoms. The number of fused-ring (bicyclic) bond motifs is 2. The van der Waals surface area contributed by atoms with Crippen molar-refractivity contribution >= 4 is 77.6 Å². The summed E-state index contributed by atoms with van der Waals surface area (Å²) in [4.78, 5) is 77.5. The summed E-state index contributed by atoms with van der Waals surface area (Å²) >= 11 is 6.07. The van der Waals surface area contributed by atoms with E-state index in [9.17, 15) is 38.6 Å². The van der Waals surface area contributed by atoms with Crippen LogP contribution in [0.2, 0.25) is 0 Å².